The van der Waals surface area contributed by atoms with Gasteiger partial charge < -0.3 is 24.5 Å². The minimum absolute atomic E-state index is 0.283. The van der Waals surface area contributed by atoms with E-state index in [1.54, 1.807) is 30.3 Å². The number of halogens is 1. The van der Waals surface area contributed by atoms with Crippen molar-refractivity contribution in [1.29, 1.82) is 0 Å². The van der Waals surface area contributed by atoms with Crippen LogP contribution < -0.4 is 19.5 Å². The Hall–Kier alpha value is -4.07. The summed E-state index contributed by atoms with van der Waals surface area (Å²) in [5, 5.41) is 2.84. The first kappa shape index (κ1) is 20.2. The lowest BCUT2D eigenvalue weighted by atomic mass is 10.1. The Morgan fingerprint density at radius 1 is 0.935 bits per heavy atom. The number of rotatable bonds is 6. The van der Waals surface area contributed by atoms with Gasteiger partial charge >= 0.3 is 0 Å². The number of hydrogen-bond acceptors (Lipinski definition) is 5. The summed E-state index contributed by atoms with van der Waals surface area (Å²) in [5.41, 5.74) is 3.00. The summed E-state index contributed by atoms with van der Waals surface area (Å²) in [6, 6.07) is 14.8. The van der Waals surface area contributed by atoms with Crippen LogP contribution in [0.5, 0.6) is 17.2 Å². The first-order valence-corrected chi connectivity index (χ1v) is 9.40. The highest BCUT2D eigenvalue weighted by Crippen LogP contribution is 2.40. The Morgan fingerprint density at radius 2 is 1.68 bits per heavy atom. The number of aromatic amines is 1. The van der Waals surface area contributed by atoms with Crippen LogP contribution in [0.4, 0.5) is 10.1 Å². The molecule has 0 radical (unpaired) electrons. The van der Waals surface area contributed by atoms with Crippen LogP contribution in [0.2, 0.25) is 0 Å². The van der Waals surface area contributed by atoms with Crippen molar-refractivity contribution >= 4 is 22.6 Å². The van der Waals surface area contributed by atoms with Crippen LogP contribution in [-0.4, -0.2) is 37.2 Å². The number of imidazole rings is 1. The Morgan fingerprint density at radius 3 is 2.35 bits per heavy atom. The summed E-state index contributed by atoms with van der Waals surface area (Å²) in [5.74, 6) is 1.02. The molecule has 1 amide bonds. The number of hydrogen-bond donors (Lipinski definition) is 2. The molecule has 0 unspecified atom stereocenters. The Labute approximate surface area is 177 Å². The number of aromatic nitrogens is 2. The second-order valence-electron chi connectivity index (χ2n) is 6.66. The molecule has 3 aromatic carbocycles. The highest BCUT2D eigenvalue weighted by atomic mass is 19.1. The average molecular weight is 421 g/mol. The number of methoxy groups -OCH3 is 3. The number of nitrogens with zero attached hydrogens (tertiary/aromatic N) is 1. The standard InChI is InChI=1S/C23H20FN3O4/c1-29-19-11-9-16(20(30-2)21(19)31-3)23(28)25-15-7-4-13(5-8-15)22-26-17-10-6-14(24)12-18(17)27-22/h4-12H,1-3H3,(H,25,28)(H,26,27). The number of ether oxygens (including phenoxy) is 3. The lowest BCUT2D eigenvalue weighted by molar-refractivity contribution is 0.102. The zero-order valence-electron chi connectivity index (χ0n) is 17.2. The molecule has 0 aliphatic heterocycles. The summed E-state index contributed by atoms with van der Waals surface area (Å²) < 4.78 is 29.4. The number of carbonyl (C=O) groups is 1. The van der Waals surface area contributed by atoms with Crippen molar-refractivity contribution in [3.63, 3.8) is 0 Å². The monoisotopic (exact) mass is 421 g/mol. The fourth-order valence-electron chi connectivity index (χ4n) is 3.31. The minimum atomic E-state index is -0.357. The smallest absolute Gasteiger partial charge is 0.259 e. The normalized spacial score (nSPS) is 10.7. The van der Waals surface area contributed by atoms with Gasteiger partial charge in [-0.25, -0.2) is 9.37 Å². The molecule has 4 aromatic rings. The molecule has 0 spiro atoms. The van der Waals surface area contributed by atoms with E-state index in [2.05, 4.69) is 15.3 Å². The molecule has 2 N–H and O–H groups in total. The number of nitrogens with one attached hydrogen (secondary N) is 2. The maximum absolute atomic E-state index is 13.4. The van der Waals surface area contributed by atoms with E-state index in [4.69, 9.17) is 14.2 Å². The average Bonchev–Trinajstić information content (AvgIpc) is 3.21. The number of amides is 1. The van der Waals surface area contributed by atoms with Crippen molar-refractivity contribution in [2.24, 2.45) is 0 Å². The summed E-state index contributed by atoms with van der Waals surface area (Å²) >= 11 is 0. The van der Waals surface area contributed by atoms with Gasteiger partial charge in [-0.15, -0.1) is 0 Å². The molecule has 0 atom stereocenters. The van der Waals surface area contributed by atoms with Crippen LogP contribution in [-0.2, 0) is 0 Å². The van der Waals surface area contributed by atoms with Gasteiger partial charge in [0.1, 0.15) is 11.6 Å². The quantitative estimate of drug-likeness (QED) is 0.473. The number of benzene rings is 3. The predicted octanol–water partition coefficient (Wildman–Crippen LogP) is 4.65. The molecule has 1 heterocycles. The van der Waals surface area contributed by atoms with Crippen LogP contribution in [0.25, 0.3) is 22.4 Å². The van der Waals surface area contributed by atoms with E-state index >= 15 is 0 Å². The van der Waals surface area contributed by atoms with Crippen LogP contribution in [0.15, 0.2) is 54.6 Å². The molecule has 0 aliphatic carbocycles. The van der Waals surface area contributed by atoms with Crippen molar-refractivity contribution in [3.8, 4) is 28.6 Å². The van der Waals surface area contributed by atoms with Crippen LogP contribution in [0.1, 0.15) is 10.4 Å². The molecule has 0 saturated carbocycles. The highest BCUT2D eigenvalue weighted by molar-refractivity contribution is 6.07. The topological polar surface area (TPSA) is 85.5 Å². The Kier molecular flexibility index (Phi) is 5.44. The van der Waals surface area contributed by atoms with E-state index in [1.165, 1.54) is 33.5 Å². The first-order chi connectivity index (χ1) is 15.0. The fourth-order valence-corrected chi connectivity index (χ4v) is 3.31. The maximum atomic E-state index is 13.4. The SMILES string of the molecule is COc1ccc(C(=O)Nc2ccc(-c3nc4ccc(F)cc4[nH]3)cc2)c(OC)c1OC. The summed E-state index contributed by atoms with van der Waals surface area (Å²) in [4.78, 5) is 20.4. The van der Waals surface area contributed by atoms with Crippen LogP contribution in [0, 0.1) is 5.82 Å². The molecule has 31 heavy (non-hydrogen) atoms. The van der Waals surface area contributed by atoms with Gasteiger partial charge in [-0.3, -0.25) is 4.79 Å². The van der Waals surface area contributed by atoms with Gasteiger partial charge in [-0.05, 0) is 54.6 Å². The Balaban J connectivity index is 1.57. The molecule has 0 fully saturated rings. The number of anilines is 1. The van der Waals surface area contributed by atoms with Gasteiger partial charge in [0, 0.05) is 11.3 Å². The zero-order chi connectivity index (χ0) is 22.0. The zero-order valence-corrected chi connectivity index (χ0v) is 17.2. The molecule has 0 saturated heterocycles. The molecular weight excluding hydrogens is 401 g/mol. The number of carbonyl (C=O) groups excluding carboxylic acids is 1. The highest BCUT2D eigenvalue weighted by Gasteiger charge is 2.20. The molecule has 0 aliphatic rings. The maximum Gasteiger partial charge on any atom is 0.259 e. The van der Waals surface area contributed by atoms with Gasteiger partial charge in [0.05, 0.1) is 37.9 Å². The van der Waals surface area contributed by atoms with E-state index in [9.17, 15) is 9.18 Å². The van der Waals surface area contributed by atoms with Crippen molar-refractivity contribution in [2.45, 2.75) is 0 Å². The van der Waals surface area contributed by atoms with Gasteiger partial charge in [-0.2, -0.15) is 0 Å². The van der Waals surface area contributed by atoms with Crippen molar-refractivity contribution in [2.75, 3.05) is 26.6 Å². The fraction of sp³-hybridized carbons (Fsp3) is 0.130. The van der Waals surface area contributed by atoms with E-state index in [0.717, 1.165) is 5.56 Å². The predicted molar refractivity (Wildman–Crippen MR) is 116 cm³/mol. The molecule has 0 bridgehead atoms. The third kappa shape index (κ3) is 3.87. The second kappa shape index (κ2) is 8.35. The van der Waals surface area contributed by atoms with Crippen LogP contribution in [0.3, 0.4) is 0 Å². The first-order valence-electron chi connectivity index (χ1n) is 9.40. The number of fused-ring (bicyclic) bond motifs is 1. The third-order valence-corrected chi connectivity index (χ3v) is 4.81. The van der Waals surface area contributed by atoms with Crippen molar-refractivity contribution < 1.29 is 23.4 Å². The number of H-pyrrole nitrogens is 1. The summed E-state index contributed by atoms with van der Waals surface area (Å²) in [6.45, 7) is 0. The third-order valence-electron chi connectivity index (χ3n) is 4.81. The summed E-state index contributed by atoms with van der Waals surface area (Å²) in [6.07, 6.45) is 0. The molecular formula is C23H20FN3O4. The lowest BCUT2D eigenvalue weighted by Crippen LogP contribution is -2.14. The molecule has 7 nitrogen and oxygen atoms in total. The van der Waals surface area contributed by atoms with Crippen LogP contribution >= 0.6 is 0 Å². The minimum Gasteiger partial charge on any atom is -0.493 e. The van der Waals surface area contributed by atoms with Gasteiger partial charge in [0.2, 0.25) is 5.75 Å². The van der Waals surface area contributed by atoms with Crippen molar-refractivity contribution in [3.05, 3.63) is 66.0 Å². The van der Waals surface area contributed by atoms with Crippen molar-refractivity contribution in [1.82, 2.24) is 9.97 Å². The molecule has 158 valence electrons. The summed E-state index contributed by atoms with van der Waals surface area (Å²) in [7, 11) is 4.45. The van der Waals surface area contributed by atoms with E-state index in [1.807, 2.05) is 12.1 Å². The van der Waals surface area contributed by atoms with E-state index in [0.29, 0.717) is 39.6 Å². The lowest BCUT2D eigenvalue weighted by Gasteiger charge is -2.15. The van der Waals surface area contributed by atoms with E-state index < -0.39 is 0 Å². The molecule has 1 aromatic heterocycles. The largest absolute Gasteiger partial charge is 0.493 e. The molecule has 4 rings (SSSR count). The van der Waals surface area contributed by atoms with Gasteiger partial charge in [0.15, 0.2) is 11.5 Å². The van der Waals surface area contributed by atoms with Gasteiger partial charge in [0.25, 0.3) is 5.91 Å². The van der Waals surface area contributed by atoms with E-state index in [-0.39, 0.29) is 17.5 Å². The van der Waals surface area contributed by atoms with Gasteiger partial charge in [-0.1, -0.05) is 0 Å². The molecule has 8 heteroatoms. The Bertz CT molecular complexity index is 1250. The second-order valence-corrected chi connectivity index (χ2v) is 6.66.